The monoisotopic (exact) mass is 455 g/mol. The van der Waals surface area contributed by atoms with Gasteiger partial charge in [-0.2, -0.15) is 9.97 Å². The van der Waals surface area contributed by atoms with Crippen LogP contribution in [0.5, 0.6) is 0 Å². The summed E-state index contributed by atoms with van der Waals surface area (Å²) >= 11 is 1.61. The molecule has 0 N–H and O–H groups in total. The van der Waals surface area contributed by atoms with E-state index in [-0.39, 0.29) is 0 Å². The van der Waals surface area contributed by atoms with E-state index in [1.54, 1.807) is 11.3 Å². The van der Waals surface area contributed by atoms with Crippen LogP contribution in [0.3, 0.4) is 0 Å². The molecule has 0 fully saturated rings. The molecule has 3 aromatic heterocycles. The van der Waals surface area contributed by atoms with E-state index in [9.17, 15) is 0 Å². The van der Waals surface area contributed by atoms with Crippen LogP contribution in [0.1, 0.15) is 0 Å². The molecule has 34 heavy (non-hydrogen) atoms. The molecule has 7 rings (SSSR count). The molecule has 0 atom stereocenters. The van der Waals surface area contributed by atoms with Gasteiger partial charge in [-0.05, 0) is 24.3 Å². The van der Waals surface area contributed by atoms with Crippen LogP contribution in [0.4, 0.5) is 0 Å². The van der Waals surface area contributed by atoms with Crippen LogP contribution in [-0.2, 0) is 0 Å². The van der Waals surface area contributed by atoms with Gasteiger partial charge >= 0.3 is 0 Å². The average Bonchev–Trinajstić information content (AvgIpc) is 3.52. The minimum Gasteiger partial charge on any atom is -0.278 e. The fourth-order valence-electron chi connectivity index (χ4n) is 4.51. The first-order chi connectivity index (χ1) is 16.9. The molecule has 0 saturated heterocycles. The summed E-state index contributed by atoms with van der Waals surface area (Å²) in [5, 5.41) is 2.34. The highest BCUT2D eigenvalue weighted by Gasteiger charge is 2.18. The van der Waals surface area contributed by atoms with Crippen molar-refractivity contribution in [2.24, 2.45) is 0 Å². The zero-order chi connectivity index (χ0) is 22.5. The van der Waals surface area contributed by atoms with E-state index >= 15 is 0 Å². The van der Waals surface area contributed by atoms with Crippen molar-refractivity contribution in [2.75, 3.05) is 0 Å². The second-order valence-corrected chi connectivity index (χ2v) is 8.91. The van der Waals surface area contributed by atoms with E-state index in [0.29, 0.717) is 17.6 Å². The Morgan fingerprint density at radius 2 is 1.26 bits per heavy atom. The molecule has 0 spiro atoms. The first-order valence-corrected chi connectivity index (χ1v) is 11.9. The topological polar surface area (TPSA) is 56.5 Å². The largest absolute Gasteiger partial charge is 0.278 e. The molecule has 0 aliphatic heterocycles. The lowest BCUT2D eigenvalue weighted by molar-refractivity contribution is 0.954. The zero-order valence-corrected chi connectivity index (χ0v) is 18.8. The molecule has 0 aliphatic rings. The van der Waals surface area contributed by atoms with Crippen LogP contribution in [0.2, 0.25) is 0 Å². The SMILES string of the molecule is c1ccc(-c2nc(-c3cccc4scnc34)nc(-n3c4ccccc4c4ccccc43)n2)cc1. The summed E-state index contributed by atoms with van der Waals surface area (Å²) in [6.45, 7) is 0. The molecule has 0 bridgehead atoms. The normalized spacial score (nSPS) is 11.5. The Balaban J connectivity index is 1.58. The van der Waals surface area contributed by atoms with Crippen LogP contribution < -0.4 is 0 Å². The summed E-state index contributed by atoms with van der Waals surface area (Å²) in [6, 6.07) is 32.9. The molecule has 0 aliphatic carbocycles. The molecule has 3 heterocycles. The van der Waals surface area contributed by atoms with Gasteiger partial charge in [-0.3, -0.25) is 4.57 Å². The summed E-state index contributed by atoms with van der Waals surface area (Å²) in [5.41, 5.74) is 6.74. The Kier molecular flexibility index (Phi) is 4.25. The summed E-state index contributed by atoms with van der Waals surface area (Å²) in [7, 11) is 0. The lowest BCUT2D eigenvalue weighted by atomic mass is 10.1. The van der Waals surface area contributed by atoms with Gasteiger partial charge in [0.1, 0.15) is 0 Å². The molecule has 4 aromatic carbocycles. The third kappa shape index (κ3) is 2.93. The maximum atomic E-state index is 5.01. The molecule has 5 nitrogen and oxygen atoms in total. The molecule has 160 valence electrons. The van der Waals surface area contributed by atoms with Gasteiger partial charge in [0.25, 0.3) is 0 Å². The standard InChI is InChI=1S/C28H17N5S/c1-2-9-18(10-3-1)26-30-27(21-13-8-16-24-25(21)29-17-34-24)32-28(31-26)33-22-14-6-4-11-19(22)20-12-5-7-15-23(20)33/h1-17H. The van der Waals surface area contributed by atoms with Crippen molar-refractivity contribution in [1.29, 1.82) is 0 Å². The molecular weight excluding hydrogens is 438 g/mol. The fraction of sp³-hybridized carbons (Fsp3) is 0. The lowest BCUT2D eigenvalue weighted by Crippen LogP contribution is -2.06. The number of aromatic nitrogens is 5. The molecular formula is C28H17N5S. The number of hydrogen-bond donors (Lipinski definition) is 0. The number of rotatable bonds is 3. The Labute approximate surface area is 199 Å². The minimum absolute atomic E-state index is 0.591. The summed E-state index contributed by atoms with van der Waals surface area (Å²) in [4.78, 5) is 19.5. The molecule has 7 aromatic rings. The number of thiazole rings is 1. The third-order valence-corrected chi connectivity index (χ3v) is 6.83. The van der Waals surface area contributed by atoms with Gasteiger partial charge in [0.15, 0.2) is 11.6 Å². The van der Waals surface area contributed by atoms with Crippen molar-refractivity contribution in [3.63, 3.8) is 0 Å². The minimum atomic E-state index is 0.591. The van der Waals surface area contributed by atoms with Gasteiger partial charge in [0.2, 0.25) is 5.95 Å². The maximum Gasteiger partial charge on any atom is 0.238 e. The second kappa shape index (κ2) is 7.57. The average molecular weight is 456 g/mol. The van der Waals surface area contributed by atoms with Crippen molar-refractivity contribution >= 4 is 43.4 Å². The van der Waals surface area contributed by atoms with Gasteiger partial charge in [-0.1, -0.05) is 72.8 Å². The van der Waals surface area contributed by atoms with Crippen LogP contribution in [0.15, 0.2) is 103 Å². The molecule has 0 radical (unpaired) electrons. The molecule has 0 amide bonds. The van der Waals surface area contributed by atoms with Crippen LogP contribution in [0, 0.1) is 0 Å². The van der Waals surface area contributed by atoms with E-state index in [1.165, 1.54) is 10.8 Å². The van der Waals surface area contributed by atoms with E-state index < -0.39 is 0 Å². The quantitative estimate of drug-likeness (QED) is 0.290. The van der Waals surface area contributed by atoms with Crippen LogP contribution >= 0.6 is 11.3 Å². The zero-order valence-electron chi connectivity index (χ0n) is 18.0. The highest BCUT2D eigenvalue weighted by atomic mass is 32.1. The smallest absolute Gasteiger partial charge is 0.238 e. The first-order valence-electron chi connectivity index (χ1n) is 11.0. The van der Waals surface area contributed by atoms with Gasteiger partial charge in [0, 0.05) is 21.9 Å². The van der Waals surface area contributed by atoms with Crippen molar-refractivity contribution in [1.82, 2.24) is 24.5 Å². The van der Waals surface area contributed by atoms with Crippen LogP contribution in [0.25, 0.3) is 60.7 Å². The van der Waals surface area contributed by atoms with Gasteiger partial charge in [0.05, 0.1) is 26.8 Å². The number of hydrogen-bond acceptors (Lipinski definition) is 5. The Bertz CT molecular complexity index is 1760. The lowest BCUT2D eigenvalue weighted by Gasteiger charge is -2.11. The van der Waals surface area contributed by atoms with E-state index in [4.69, 9.17) is 15.0 Å². The van der Waals surface area contributed by atoms with Crippen molar-refractivity contribution in [2.45, 2.75) is 0 Å². The van der Waals surface area contributed by atoms with E-state index in [0.717, 1.165) is 32.4 Å². The van der Waals surface area contributed by atoms with Crippen molar-refractivity contribution in [3.8, 4) is 28.7 Å². The number of benzene rings is 4. The molecule has 0 unspecified atom stereocenters. The molecule has 6 heteroatoms. The Morgan fingerprint density at radius 1 is 0.588 bits per heavy atom. The first kappa shape index (κ1) is 19.1. The fourth-order valence-corrected chi connectivity index (χ4v) is 5.21. The van der Waals surface area contributed by atoms with Crippen molar-refractivity contribution in [3.05, 3.63) is 103 Å². The summed E-state index contributed by atoms with van der Waals surface area (Å²) in [5.74, 6) is 1.84. The van der Waals surface area contributed by atoms with Crippen molar-refractivity contribution < 1.29 is 0 Å². The number of nitrogens with zero attached hydrogens (tertiary/aromatic N) is 5. The molecule has 0 saturated carbocycles. The maximum absolute atomic E-state index is 5.01. The summed E-state index contributed by atoms with van der Waals surface area (Å²) < 4.78 is 3.24. The Morgan fingerprint density at radius 3 is 2.03 bits per heavy atom. The third-order valence-electron chi connectivity index (χ3n) is 6.04. The number of fused-ring (bicyclic) bond motifs is 4. The predicted molar refractivity (Wildman–Crippen MR) is 138 cm³/mol. The van der Waals surface area contributed by atoms with Gasteiger partial charge < -0.3 is 0 Å². The highest BCUT2D eigenvalue weighted by molar-refractivity contribution is 7.16. The predicted octanol–water partition coefficient (Wildman–Crippen LogP) is 6.91. The van der Waals surface area contributed by atoms with E-state index in [1.807, 2.05) is 60.1 Å². The van der Waals surface area contributed by atoms with Gasteiger partial charge in [-0.25, -0.2) is 9.97 Å². The van der Waals surface area contributed by atoms with Crippen LogP contribution in [-0.4, -0.2) is 24.5 Å². The Hall–Kier alpha value is -4.42. The van der Waals surface area contributed by atoms with Gasteiger partial charge in [-0.15, -0.1) is 11.3 Å². The number of para-hydroxylation sites is 3. The second-order valence-electron chi connectivity index (χ2n) is 8.02. The summed E-state index contributed by atoms with van der Waals surface area (Å²) in [6.07, 6.45) is 0. The highest BCUT2D eigenvalue weighted by Crippen LogP contribution is 2.33. The van der Waals surface area contributed by atoms with E-state index in [2.05, 4.69) is 52.0 Å².